The Morgan fingerprint density at radius 3 is 3.00 bits per heavy atom. The molecule has 1 unspecified atom stereocenters. The molecular weight excluding hydrogens is 165 g/mol. The van der Waals surface area contributed by atoms with Crippen molar-refractivity contribution in [3.63, 3.8) is 0 Å². The van der Waals surface area contributed by atoms with E-state index in [1.807, 2.05) is 0 Å². The second kappa shape index (κ2) is 2.71. The van der Waals surface area contributed by atoms with Gasteiger partial charge in [-0.2, -0.15) is 0 Å². The standard InChI is InChI=1S/C10H9.Sc.2H/c1-8-4-2-5-9-6-3-7-10(8)9;;;/h2-7H,1H3;;;/q;+2;2*-1. The van der Waals surface area contributed by atoms with Gasteiger partial charge in [-0.05, 0) is 0 Å². The van der Waals surface area contributed by atoms with E-state index in [4.69, 9.17) is 0 Å². The first-order valence-electron chi connectivity index (χ1n) is 3.82. The topological polar surface area (TPSA) is 0 Å². The predicted molar refractivity (Wildman–Crippen MR) is 45.2 cm³/mol. The van der Waals surface area contributed by atoms with Gasteiger partial charge in [0.05, 0.1) is 0 Å². The van der Waals surface area contributed by atoms with Gasteiger partial charge in [0, 0.05) is 0 Å². The molecule has 0 bridgehead atoms. The molecule has 11 heavy (non-hydrogen) atoms. The van der Waals surface area contributed by atoms with Gasteiger partial charge in [-0.25, -0.2) is 0 Å². The minimum Gasteiger partial charge on any atom is -1.00 e. The van der Waals surface area contributed by atoms with Crippen molar-refractivity contribution < 1.29 is 27.2 Å². The number of fused-ring (bicyclic) bond motifs is 1. The Hall–Kier alpha value is -0.170. The molecule has 0 saturated heterocycles. The summed E-state index contributed by atoms with van der Waals surface area (Å²) in [6, 6.07) is 6.55. The zero-order valence-electron chi connectivity index (χ0n) is 8.54. The van der Waals surface area contributed by atoms with E-state index in [2.05, 4.69) is 37.3 Å². The fraction of sp³-hybridized carbons (Fsp3) is 0.200. The Morgan fingerprint density at radius 1 is 1.45 bits per heavy atom. The zero-order chi connectivity index (χ0) is 7.84. The molecule has 0 heterocycles. The van der Waals surface area contributed by atoms with Gasteiger partial charge in [-0.3, -0.25) is 0 Å². The maximum atomic E-state index is 2.29. The van der Waals surface area contributed by atoms with Crippen molar-refractivity contribution in [1.82, 2.24) is 0 Å². The third-order valence-electron chi connectivity index (χ3n) is 2.19. The zero-order valence-corrected chi connectivity index (χ0v) is 8.34. The van der Waals surface area contributed by atoms with Gasteiger partial charge in [-0.15, -0.1) is 0 Å². The average molecular weight is 176 g/mol. The maximum absolute atomic E-state index is 2.29. The van der Waals surface area contributed by atoms with E-state index in [1.165, 1.54) is 16.7 Å². The van der Waals surface area contributed by atoms with Crippen LogP contribution in [0.3, 0.4) is 0 Å². The monoisotopic (exact) mass is 176 g/mol. The fourth-order valence-electron chi connectivity index (χ4n) is 1.53. The van der Waals surface area contributed by atoms with Crippen molar-refractivity contribution in [3.8, 4) is 0 Å². The Balaban J connectivity index is 0.000000720. The summed E-state index contributed by atoms with van der Waals surface area (Å²) in [6.07, 6.45) is 4.54. The van der Waals surface area contributed by atoms with Crippen molar-refractivity contribution >= 4 is 6.08 Å². The van der Waals surface area contributed by atoms with E-state index in [0.29, 0.717) is 3.67 Å². The van der Waals surface area contributed by atoms with Gasteiger partial charge in [0.25, 0.3) is 0 Å². The first-order valence-corrected chi connectivity index (χ1v) is 4.86. The van der Waals surface area contributed by atoms with Gasteiger partial charge < -0.3 is 2.85 Å². The van der Waals surface area contributed by atoms with Crippen LogP contribution < -0.4 is 0 Å². The van der Waals surface area contributed by atoms with Crippen molar-refractivity contribution in [2.24, 2.45) is 0 Å². The third-order valence-corrected chi connectivity index (χ3v) is 3.09. The van der Waals surface area contributed by atoms with Crippen LogP contribution in [0.15, 0.2) is 24.3 Å². The summed E-state index contributed by atoms with van der Waals surface area (Å²) >= 11 is 1.79. The molecule has 1 heteroatoms. The smallest absolute Gasteiger partial charge is 1.00 e. The summed E-state index contributed by atoms with van der Waals surface area (Å²) in [5, 5.41) is 0. The van der Waals surface area contributed by atoms with Crippen LogP contribution in [0.2, 0.25) is 0 Å². The van der Waals surface area contributed by atoms with Gasteiger partial charge in [0.15, 0.2) is 0 Å². The average Bonchev–Trinajstić information content (AvgIpc) is 2.35. The molecule has 0 spiro atoms. The molecule has 0 fully saturated rings. The molecule has 0 aliphatic heterocycles. The number of rotatable bonds is 0. The van der Waals surface area contributed by atoms with Crippen molar-refractivity contribution in [3.05, 3.63) is 41.0 Å². The van der Waals surface area contributed by atoms with Crippen LogP contribution in [-0.2, 0) is 24.4 Å². The summed E-state index contributed by atoms with van der Waals surface area (Å²) < 4.78 is 0.678. The molecule has 0 saturated carbocycles. The van der Waals surface area contributed by atoms with Crippen LogP contribution in [0, 0.1) is 6.92 Å². The minimum absolute atomic E-state index is 0. The van der Waals surface area contributed by atoms with Gasteiger partial charge in [0.2, 0.25) is 0 Å². The van der Waals surface area contributed by atoms with Crippen LogP contribution >= 0.6 is 0 Å². The molecule has 0 amide bonds. The number of hydrogen-bond donors (Lipinski definition) is 0. The van der Waals surface area contributed by atoms with E-state index >= 15 is 0 Å². The summed E-state index contributed by atoms with van der Waals surface area (Å²) in [5.41, 5.74) is 4.35. The maximum Gasteiger partial charge on any atom is -1.00 e. The molecule has 2 rings (SSSR count). The summed E-state index contributed by atoms with van der Waals surface area (Å²) in [6.45, 7) is 2.17. The Kier molecular flexibility index (Phi) is 1.84. The second-order valence-corrected chi connectivity index (χ2v) is 4.08. The van der Waals surface area contributed by atoms with E-state index in [0.717, 1.165) is 0 Å². The van der Waals surface area contributed by atoms with Gasteiger partial charge in [-0.1, -0.05) is 0 Å². The molecule has 1 atom stereocenters. The van der Waals surface area contributed by atoms with E-state index < -0.39 is 0 Å². The molecule has 1 aromatic rings. The fourth-order valence-corrected chi connectivity index (χ4v) is 2.15. The predicted octanol–water partition coefficient (Wildman–Crippen LogP) is 2.83. The molecular formula is C10H11Sc. The van der Waals surface area contributed by atoms with Crippen LogP contribution in [0.5, 0.6) is 0 Å². The van der Waals surface area contributed by atoms with Crippen LogP contribution in [-0.4, -0.2) is 0 Å². The number of allylic oxidation sites excluding steroid dienone is 1. The van der Waals surface area contributed by atoms with Gasteiger partial charge in [0.1, 0.15) is 0 Å². The molecule has 0 N–H and O–H groups in total. The first-order chi connectivity index (χ1) is 5.29. The molecule has 54 valence electrons. The largest absolute Gasteiger partial charge is 1.00 e. The normalized spacial score (nSPS) is 20.5. The Labute approximate surface area is 84.9 Å². The summed E-state index contributed by atoms with van der Waals surface area (Å²) in [7, 11) is 0. The molecule has 1 aromatic carbocycles. The molecule has 0 nitrogen and oxygen atoms in total. The van der Waals surface area contributed by atoms with Crippen molar-refractivity contribution in [2.45, 2.75) is 10.6 Å². The number of hydrogen-bond acceptors (Lipinski definition) is 0. The number of aryl methyl sites for hydroxylation is 1. The van der Waals surface area contributed by atoms with E-state index in [1.54, 1.807) is 24.4 Å². The summed E-state index contributed by atoms with van der Waals surface area (Å²) in [4.78, 5) is 0. The van der Waals surface area contributed by atoms with Crippen molar-refractivity contribution in [2.75, 3.05) is 0 Å². The van der Waals surface area contributed by atoms with Crippen molar-refractivity contribution in [1.29, 1.82) is 0 Å². The minimum atomic E-state index is 0. The third kappa shape index (κ3) is 1.16. The quantitative estimate of drug-likeness (QED) is 0.570. The number of benzene rings is 1. The van der Waals surface area contributed by atoms with E-state index in [-0.39, 0.29) is 2.85 Å². The Bertz CT molecular complexity index is 321. The van der Waals surface area contributed by atoms with Crippen LogP contribution in [0.4, 0.5) is 0 Å². The molecule has 0 radical (unpaired) electrons. The molecule has 1 aliphatic carbocycles. The second-order valence-electron chi connectivity index (χ2n) is 2.96. The van der Waals surface area contributed by atoms with Crippen LogP contribution in [0.1, 0.15) is 23.2 Å². The summed E-state index contributed by atoms with van der Waals surface area (Å²) in [5.74, 6) is 0. The SMILES string of the molecule is Cc1cccc2c1C=C[CH]2[Sc+2].[H-].[H-]. The first kappa shape index (κ1) is 7.48. The van der Waals surface area contributed by atoms with E-state index in [9.17, 15) is 0 Å². The van der Waals surface area contributed by atoms with Gasteiger partial charge >= 0.3 is 82.0 Å². The molecule has 1 aliphatic rings. The Morgan fingerprint density at radius 2 is 2.27 bits per heavy atom. The van der Waals surface area contributed by atoms with Crippen LogP contribution in [0.25, 0.3) is 6.08 Å². The molecule has 0 aromatic heterocycles.